The number of aryl methyl sites for hydroxylation is 1. The van der Waals surface area contributed by atoms with Gasteiger partial charge in [-0.25, -0.2) is 4.98 Å². The maximum atomic E-state index is 12.7. The molecular weight excluding hydrogens is 352 g/mol. The zero-order chi connectivity index (χ0) is 19.5. The fourth-order valence-electron chi connectivity index (χ4n) is 3.85. The fraction of sp³-hybridized carbons (Fsp3) is 0.429. The molecule has 7 nitrogen and oxygen atoms in total. The number of carbonyl (C=O) groups is 1. The lowest BCUT2D eigenvalue weighted by Crippen LogP contribution is -2.41. The Bertz CT molecular complexity index is 960. The van der Waals surface area contributed by atoms with Gasteiger partial charge in [-0.1, -0.05) is 30.3 Å². The summed E-state index contributed by atoms with van der Waals surface area (Å²) >= 11 is 0. The van der Waals surface area contributed by atoms with Crippen molar-refractivity contribution in [1.82, 2.24) is 24.5 Å². The van der Waals surface area contributed by atoms with E-state index in [2.05, 4.69) is 50.7 Å². The van der Waals surface area contributed by atoms with Gasteiger partial charge in [0, 0.05) is 24.3 Å². The van der Waals surface area contributed by atoms with Crippen LogP contribution < -0.4 is 5.32 Å². The number of hydrogen-bond donors (Lipinski definition) is 1. The van der Waals surface area contributed by atoms with Gasteiger partial charge in [0.05, 0.1) is 6.54 Å². The number of piperidine rings is 1. The van der Waals surface area contributed by atoms with Gasteiger partial charge in [0.15, 0.2) is 0 Å². The highest BCUT2D eigenvalue weighted by Crippen LogP contribution is 2.22. The van der Waals surface area contributed by atoms with Crippen molar-refractivity contribution in [2.75, 3.05) is 25.0 Å². The number of anilines is 1. The molecule has 0 bridgehead atoms. The molecule has 1 N–H and O–H groups in total. The molecule has 0 unspecified atom stereocenters. The Hall–Kier alpha value is -2.96. The van der Waals surface area contributed by atoms with Crippen LogP contribution in [0.2, 0.25) is 0 Å². The molecular formula is C21H26N6O. The first-order valence-corrected chi connectivity index (χ1v) is 9.84. The Morgan fingerprint density at radius 2 is 1.93 bits per heavy atom. The summed E-state index contributed by atoms with van der Waals surface area (Å²) < 4.78 is 1.65. The first-order valence-electron chi connectivity index (χ1n) is 9.84. The van der Waals surface area contributed by atoms with Crippen molar-refractivity contribution >= 4 is 17.5 Å². The number of fused-ring (bicyclic) bond motifs is 1. The number of rotatable bonds is 5. The average Bonchev–Trinajstić information content (AvgIpc) is 3.17. The molecule has 28 heavy (non-hydrogen) atoms. The maximum Gasteiger partial charge on any atom is 0.254 e. The lowest BCUT2D eigenvalue weighted by atomic mass is 9.90. The van der Waals surface area contributed by atoms with E-state index in [-0.39, 0.29) is 12.5 Å². The zero-order valence-corrected chi connectivity index (χ0v) is 16.4. The largest absolute Gasteiger partial charge is 0.361 e. The van der Waals surface area contributed by atoms with E-state index in [0.717, 1.165) is 49.4 Å². The number of likely N-dealkylation sites (tertiary alicyclic amines) is 1. The molecule has 0 spiro atoms. The van der Waals surface area contributed by atoms with Crippen LogP contribution in [0.1, 0.15) is 29.7 Å². The third kappa shape index (κ3) is 3.83. The van der Waals surface area contributed by atoms with Gasteiger partial charge < -0.3 is 10.2 Å². The van der Waals surface area contributed by atoms with Crippen molar-refractivity contribution in [1.29, 1.82) is 0 Å². The molecule has 0 radical (unpaired) electrons. The van der Waals surface area contributed by atoms with Crippen LogP contribution in [-0.4, -0.2) is 50.0 Å². The number of amides is 1. The summed E-state index contributed by atoms with van der Waals surface area (Å²) in [5, 5.41) is 7.48. The Labute approximate surface area is 164 Å². The van der Waals surface area contributed by atoms with E-state index < -0.39 is 0 Å². The van der Waals surface area contributed by atoms with Gasteiger partial charge >= 0.3 is 0 Å². The van der Waals surface area contributed by atoms with Gasteiger partial charge in [0.1, 0.15) is 12.1 Å². The third-order valence-corrected chi connectivity index (χ3v) is 5.65. The quantitative estimate of drug-likeness (QED) is 0.739. The van der Waals surface area contributed by atoms with Crippen LogP contribution in [0, 0.1) is 19.8 Å². The lowest BCUT2D eigenvalue weighted by molar-refractivity contribution is -0.130. The van der Waals surface area contributed by atoms with E-state index in [1.807, 2.05) is 18.7 Å². The highest BCUT2D eigenvalue weighted by Gasteiger charge is 2.23. The number of carbonyl (C=O) groups excluding carboxylic acids is 1. The maximum absolute atomic E-state index is 12.7. The summed E-state index contributed by atoms with van der Waals surface area (Å²) in [4.78, 5) is 23.2. The minimum atomic E-state index is 0.125. The predicted molar refractivity (Wildman–Crippen MR) is 108 cm³/mol. The summed E-state index contributed by atoms with van der Waals surface area (Å²) in [6.45, 7) is 5.82. The standard InChI is InChI=1S/C21H26N6O/c1-15-16(2)25-21-23-14-24-27(21)20(15)22-13-19(28)26-10-8-18(9-11-26)12-17-6-4-3-5-7-17/h3-7,14,18,22H,8-13H2,1-2H3. The third-order valence-electron chi connectivity index (χ3n) is 5.65. The molecule has 3 aromatic rings. The van der Waals surface area contributed by atoms with Crippen molar-refractivity contribution in [3.05, 3.63) is 53.5 Å². The molecule has 1 fully saturated rings. The van der Waals surface area contributed by atoms with Crippen molar-refractivity contribution in [2.45, 2.75) is 33.1 Å². The second-order valence-corrected chi connectivity index (χ2v) is 7.51. The molecule has 2 aromatic heterocycles. The molecule has 0 saturated carbocycles. The SMILES string of the molecule is Cc1nc2ncnn2c(NCC(=O)N2CCC(Cc3ccccc3)CC2)c1C. The van der Waals surface area contributed by atoms with Gasteiger partial charge in [0.2, 0.25) is 5.91 Å². The van der Waals surface area contributed by atoms with Crippen molar-refractivity contribution in [3.8, 4) is 0 Å². The van der Waals surface area contributed by atoms with E-state index in [1.165, 1.54) is 11.9 Å². The molecule has 1 aliphatic rings. The van der Waals surface area contributed by atoms with Crippen LogP contribution in [0.3, 0.4) is 0 Å². The smallest absolute Gasteiger partial charge is 0.254 e. The Morgan fingerprint density at radius 3 is 2.68 bits per heavy atom. The molecule has 146 valence electrons. The highest BCUT2D eigenvalue weighted by molar-refractivity contribution is 5.81. The van der Waals surface area contributed by atoms with E-state index in [9.17, 15) is 4.79 Å². The van der Waals surface area contributed by atoms with Crippen LogP contribution in [0.25, 0.3) is 5.78 Å². The lowest BCUT2D eigenvalue weighted by Gasteiger charge is -2.32. The summed E-state index contributed by atoms with van der Waals surface area (Å²) in [6.07, 6.45) is 4.69. The molecule has 3 heterocycles. The Balaban J connectivity index is 1.33. The van der Waals surface area contributed by atoms with E-state index in [4.69, 9.17) is 0 Å². The van der Waals surface area contributed by atoms with Crippen LogP contribution in [-0.2, 0) is 11.2 Å². The van der Waals surface area contributed by atoms with Crippen molar-refractivity contribution in [3.63, 3.8) is 0 Å². The second kappa shape index (κ2) is 7.96. The Morgan fingerprint density at radius 1 is 1.18 bits per heavy atom. The average molecular weight is 378 g/mol. The van der Waals surface area contributed by atoms with Crippen LogP contribution in [0.4, 0.5) is 5.82 Å². The fourth-order valence-corrected chi connectivity index (χ4v) is 3.85. The van der Waals surface area contributed by atoms with Crippen molar-refractivity contribution < 1.29 is 4.79 Å². The molecule has 4 rings (SSSR count). The molecule has 7 heteroatoms. The van der Waals surface area contributed by atoms with Gasteiger partial charge in [-0.2, -0.15) is 14.6 Å². The predicted octanol–water partition coefficient (Wildman–Crippen LogP) is 2.63. The number of hydrogen-bond acceptors (Lipinski definition) is 5. The number of aromatic nitrogens is 4. The minimum absolute atomic E-state index is 0.125. The van der Waals surface area contributed by atoms with Crippen LogP contribution in [0.5, 0.6) is 0 Å². The second-order valence-electron chi connectivity index (χ2n) is 7.51. The topological polar surface area (TPSA) is 75.4 Å². The van der Waals surface area contributed by atoms with Gasteiger partial charge in [-0.05, 0) is 44.6 Å². The number of nitrogens with one attached hydrogen (secondary N) is 1. The molecule has 1 amide bonds. The summed E-state index contributed by atoms with van der Waals surface area (Å²) in [5.41, 5.74) is 3.25. The number of benzene rings is 1. The van der Waals surface area contributed by atoms with Gasteiger partial charge in [-0.15, -0.1) is 0 Å². The molecule has 1 saturated heterocycles. The van der Waals surface area contributed by atoms with Crippen molar-refractivity contribution in [2.24, 2.45) is 5.92 Å². The highest BCUT2D eigenvalue weighted by atomic mass is 16.2. The first kappa shape index (κ1) is 18.4. The summed E-state index contributed by atoms with van der Waals surface area (Å²) in [7, 11) is 0. The Kier molecular flexibility index (Phi) is 5.23. The number of nitrogens with zero attached hydrogens (tertiary/aromatic N) is 5. The van der Waals surface area contributed by atoms with Gasteiger partial charge in [0.25, 0.3) is 5.78 Å². The van der Waals surface area contributed by atoms with E-state index in [0.29, 0.717) is 11.7 Å². The first-order chi connectivity index (χ1) is 13.6. The van der Waals surface area contributed by atoms with Gasteiger partial charge in [-0.3, -0.25) is 4.79 Å². The molecule has 1 aromatic carbocycles. The zero-order valence-electron chi connectivity index (χ0n) is 16.4. The molecule has 0 aliphatic carbocycles. The summed E-state index contributed by atoms with van der Waals surface area (Å²) in [6, 6.07) is 10.6. The minimum Gasteiger partial charge on any atom is -0.361 e. The van der Waals surface area contributed by atoms with Crippen LogP contribution >= 0.6 is 0 Å². The molecule has 1 aliphatic heterocycles. The van der Waals surface area contributed by atoms with Crippen LogP contribution in [0.15, 0.2) is 36.7 Å². The normalized spacial score (nSPS) is 15.1. The summed E-state index contributed by atoms with van der Waals surface area (Å²) in [5.74, 6) is 2.10. The molecule has 0 atom stereocenters. The van der Waals surface area contributed by atoms with E-state index in [1.54, 1.807) is 4.52 Å². The monoisotopic (exact) mass is 378 g/mol. The van der Waals surface area contributed by atoms with E-state index >= 15 is 0 Å².